The molecule has 0 aliphatic carbocycles. The summed E-state index contributed by atoms with van der Waals surface area (Å²) in [5.41, 5.74) is 0.610. The number of esters is 1. The summed E-state index contributed by atoms with van der Waals surface area (Å²) in [4.78, 5) is 37.6. The second kappa shape index (κ2) is 9.08. The molecule has 0 spiro atoms. The minimum absolute atomic E-state index is 0.0403. The Balaban J connectivity index is 2.61. The molecule has 1 atom stereocenters. The largest absolute Gasteiger partial charge is 0.469 e. The van der Waals surface area contributed by atoms with E-state index in [1.54, 1.807) is 36.1 Å². The quantitative estimate of drug-likeness (QED) is 0.546. The molecule has 23 heavy (non-hydrogen) atoms. The maximum absolute atomic E-state index is 12.4. The van der Waals surface area contributed by atoms with Gasteiger partial charge in [0.15, 0.2) is 5.78 Å². The maximum atomic E-state index is 12.4. The van der Waals surface area contributed by atoms with E-state index in [0.29, 0.717) is 12.1 Å². The molecule has 126 valence electrons. The van der Waals surface area contributed by atoms with Crippen molar-refractivity contribution in [3.05, 3.63) is 35.9 Å². The summed E-state index contributed by atoms with van der Waals surface area (Å²) in [6.45, 7) is 5.80. The Labute approximate surface area is 137 Å². The van der Waals surface area contributed by atoms with Gasteiger partial charge in [-0.25, -0.2) is 0 Å². The van der Waals surface area contributed by atoms with E-state index < -0.39 is 5.92 Å². The first kappa shape index (κ1) is 18.9. The molecule has 0 heterocycles. The average Bonchev–Trinajstić information content (AvgIpc) is 2.56. The van der Waals surface area contributed by atoms with Gasteiger partial charge in [0.1, 0.15) is 0 Å². The molecule has 0 N–H and O–H groups in total. The van der Waals surface area contributed by atoms with E-state index in [1.807, 2.05) is 19.9 Å². The number of hydrogen-bond acceptors (Lipinski definition) is 4. The summed E-state index contributed by atoms with van der Waals surface area (Å²) in [6.07, 6.45) is 0.304. The molecule has 0 bridgehead atoms. The van der Waals surface area contributed by atoms with Crippen LogP contribution in [0.2, 0.25) is 0 Å². The molecule has 1 amide bonds. The van der Waals surface area contributed by atoms with Crippen molar-refractivity contribution in [1.82, 2.24) is 4.90 Å². The summed E-state index contributed by atoms with van der Waals surface area (Å²) in [5, 5.41) is 0. The van der Waals surface area contributed by atoms with E-state index in [4.69, 9.17) is 4.74 Å². The number of nitrogens with zero attached hydrogens (tertiary/aromatic N) is 1. The lowest BCUT2D eigenvalue weighted by atomic mass is 10.1. The van der Waals surface area contributed by atoms with Crippen LogP contribution in [0.1, 0.15) is 44.0 Å². The van der Waals surface area contributed by atoms with Gasteiger partial charge in [-0.1, -0.05) is 37.3 Å². The molecule has 1 aromatic rings. The third-order valence-electron chi connectivity index (χ3n) is 3.68. The van der Waals surface area contributed by atoms with Crippen LogP contribution in [0.25, 0.3) is 0 Å². The van der Waals surface area contributed by atoms with Crippen LogP contribution in [-0.2, 0) is 14.3 Å². The number of benzene rings is 1. The third-order valence-corrected chi connectivity index (χ3v) is 3.68. The molecule has 0 radical (unpaired) electrons. The van der Waals surface area contributed by atoms with Crippen molar-refractivity contribution >= 4 is 17.7 Å². The lowest BCUT2D eigenvalue weighted by molar-refractivity contribution is -0.146. The number of ketones is 1. The minimum Gasteiger partial charge on any atom is -0.469 e. The monoisotopic (exact) mass is 319 g/mol. The number of Topliss-reactive ketones (excluding diaryl/α,β-unsaturated/α-hetero) is 1. The van der Waals surface area contributed by atoms with Gasteiger partial charge in [-0.3, -0.25) is 14.4 Å². The van der Waals surface area contributed by atoms with Crippen LogP contribution < -0.4 is 0 Å². The number of hydrogen-bond donors (Lipinski definition) is 0. The highest BCUT2D eigenvalue weighted by atomic mass is 16.5. The predicted octanol–water partition coefficient (Wildman–Crippen LogP) is 2.70. The standard InChI is InChI=1S/C18H25NO4/c1-13(2)19(12-14(3)18(22)23-4)17(21)11-10-16(20)15-8-6-5-7-9-15/h5-9,13-14H,10-12H2,1-4H3. The first-order valence-corrected chi connectivity index (χ1v) is 7.82. The van der Waals surface area contributed by atoms with Gasteiger partial charge in [-0.05, 0) is 13.8 Å². The normalized spacial score (nSPS) is 11.9. The zero-order valence-corrected chi connectivity index (χ0v) is 14.2. The summed E-state index contributed by atoms with van der Waals surface area (Å²) >= 11 is 0. The molecule has 0 aromatic heterocycles. The van der Waals surface area contributed by atoms with Crippen LogP contribution in [0, 0.1) is 5.92 Å². The highest BCUT2D eigenvalue weighted by Crippen LogP contribution is 2.11. The lowest BCUT2D eigenvalue weighted by Gasteiger charge is -2.28. The van der Waals surface area contributed by atoms with Gasteiger partial charge in [0.25, 0.3) is 0 Å². The molecule has 5 nitrogen and oxygen atoms in total. The molecule has 0 aliphatic heterocycles. The first-order chi connectivity index (χ1) is 10.9. The second-order valence-electron chi connectivity index (χ2n) is 5.85. The fourth-order valence-electron chi connectivity index (χ4n) is 2.30. The van der Waals surface area contributed by atoms with E-state index in [2.05, 4.69) is 0 Å². The number of carbonyl (C=O) groups is 3. The smallest absolute Gasteiger partial charge is 0.310 e. The van der Waals surface area contributed by atoms with Crippen molar-refractivity contribution < 1.29 is 19.1 Å². The van der Waals surface area contributed by atoms with Gasteiger partial charge < -0.3 is 9.64 Å². The summed E-state index contributed by atoms with van der Waals surface area (Å²) in [7, 11) is 1.33. The molecule has 1 rings (SSSR count). The van der Waals surface area contributed by atoms with E-state index >= 15 is 0 Å². The van der Waals surface area contributed by atoms with Crippen LogP contribution in [0.15, 0.2) is 30.3 Å². The number of amides is 1. The summed E-state index contributed by atoms with van der Waals surface area (Å²) in [6, 6.07) is 8.89. The Hall–Kier alpha value is -2.17. The van der Waals surface area contributed by atoms with Crippen molar-refractivity contribution in [2.24, 2.45) is 5.92 Å². The predicted molar refractivity (Wildman–Crippen MR) is 88.0 cm³/mol. The Kier molecular flexibility index (Phi) is 7.45. The van der Waals surface area contributed by atoms with Crippen LogP contribution in [0.5, 0.6) is 0 Å². The molecule has 1 unspecified atom stereocenters. The fraction of sp³-hybridized carbons (Fsp3) is 0.500. The molecule has 0 saturated carbocycles. The van der Waals surface area contributed by atoms with Crippen molar-refractivity contribution in [2.75, 3.05) is 13.7 Å². The molecule has 5 heteroatoms. The first-order valence-electron chi connectivity index (χ1n) is 7.82. The van der Waals surface area contributed by atoms with E-state index in [9.17, 15) is 14.4 Å². The van der Waals surface area contributed by atoms with E-state index in [0.717, 1.165) is 0 Å². The lowest BCUT2D eigenvalue weighted by Crippen LogP contribution is -2.41. The Morgan fingerprint density at radius 1 is 1.04 bits per heavy atom. The van der Waals surface area contributed by atoms with Crippen molar-refractivity contribution in [3.8, 4) is 0 Å². The van der Waals surface area contributed by atoms with Gasteiger partial charge in [0.05, 0.1) is 13.0 Å². The summed E-state index contributed by atoms with van der Waals surface area (Å²) in [5.74, 6) is -0.913. The van der Waals surface area contributed by atoms with Crippen LogP contribution in [-0.4, -0.2) is 42.3 Å². The zero-order valence-electron chi connectivity index (χ0n) is 14.2. The van der Waals surface area contributed by atoms with Gasteiger partial charge in [-0.15, -0.1) is 0 Å². The van der Waals surface area contributed by atoms with Crippen molar-refractivity contribution in [1.29, 1.82) is 0 Å². The number of rotatable bonds is 8. The second-order valence-corrected chi connectivity index (χ2v) is 5.85. The number of ether oxygens (including phenoxy) is 1. The van der Waals surface area contributed by atoms with Gasteiger partial charge in [0, 0.05) is 31.0 Å². The van der Waals surface area contributed by atoms with Gasteiger partial charge in [0.2, 0.25) is 5.91 Å². The fourth-order valence-corrected chi connectivity index (χ4v) is 2.30. The Morgan fingerprint density at radius 3 is 2.17 bits per heavy atom. The molecular formula is C18H25NO4. The highest BCUT2D eigenvalue weighted by molar-refractivity contribution is 5.97. The Bertz CT molecular complexity index is 539. The minimum atomic E-state index is -0.392. The molecular weight excluding hydrogens is 294 g/mol. The molecule has 0 saturated heterocycles. The zero-order chi connectivity index (χ0) is 17.4. The third kappa shape index (κ3) is 5.85. The van der Waals surface area contributed by atoms with E-state index in [-0.39, 0.29) is 36.5 Å². The molecule has 0 aliphatic rings. The van der Waals surface area contributed by atoms with Crippen LogP contribution in [0.3, 0.4) is 0 Å². The number of carbonyl (C=O) groups excluding carboxylic acids is 3. The van der Waals surface area contributed by atoms with Crippen molar-refractivity contribution in [2.45, 2.75) is 39.7 Å². The average molecular weight is 319 g/mol. The summed E-state index contributed by atoms with van der Waals surface area (Å²) < 4.78 is 4.70. The highest BCUT2D eigenvalue weighted by Gasteiger charge is 2.24. The van der Waals surface area contributed by atoms with Crippen LogP contribution >= 0.6 is 0 Å². The van der Waals surface area contributed by atoms with Gasteiger partial charge in [-0.2, -0.15) is 0 Å². The van der Waals surface area contributed by atoms with E-state index in [1.165, 1.54) is 7.11 Å². The van der Waals surface area contributed by atoms with Crippen LogP contribution in [0.4, 0.5) is 0 Å². The topological polar surface area (TPSA) is 63.7 Å². The van der Waals surface area contributed by atoms with Crippen molar-refractivity contribution in [3.63, 3.8) is 0 Å². The maximum Gasteiger partial charge on any atom is 0.310 e. The molecule has 0 fully saturated rings. The molecule has 1 aromatic carbocycles. The number of methoxy groups -OCH3 is 1. The SMILES string of the molecule is COC(=O)C(C)CN(C(=O)CCC(=O)c1ccccc1)C(C)C. The van der Waals surface area contributed by atoms with Gasteiger partial charge >= 0.3 is 5.97 Å². The Morgan fingerprint density at radius 2 is 1.65 bits per heavy atom.